The van der Waals surface area contributed by atoms with Crippen LogP contribution < -0.4 is 4.74 Å². The van der Waals surface area contributed by atoms with Gasteiger partial charge in [-0.05, 0) is 18.2 Å². The van der Waals surface area contributed by atoms with Crippen LogP contribution in [0.25, 0.3) is 22.7 Å². The third kappa shape index (κ3) is 3.49. The number of ether oxygens (including phenoxy) is 1. The van der Waals surface area contributed by atoms with Gasteiger partial charge in [-0.2, -0.15) is 0 Å². The van der Waals surface area contributed by atoms with E-state index < -0.39 is 4.92 Å². The number of aromatic nitrogens is 3. The van der Waals surface area contributed by atoms with Crippen molar-refractivity contribution in [1.82, 2.24) is 15.2 Å². The van der Waals surface area contributed by atoms with Crippen molar-refractivity contribution in [1.29, 1.82) is 0 Å². The summed E-state index contributed by atoms with van der Waals surface area (Å²) >= 11 is 0. The van der Waals surface area contributed by atoms with Crippen molar-refractivity contribution in [2.75, 3.05) is 0 Å². The second-order valence-corrected chi connectivity index (χ2v) is 5.51. The molecule has 4 rings (SSSR count). The van der Waals surface area contributed by atoms with Gasteiger partial charge in [-0.25, -0.2) is 4.98 Å². The van der Waals surface area contributed by atoms with Crippen molar-refractivity contribution >= 4 is 5.69 Å². The SMILES string of the molecule is O=[N+]([O-])c1ccc(Oc2cccc(-c3nnco3)c2)nc1-c1ccccc1. The van der Waals surface area contributed by atoms with Gasteiger partial charge in [0.05, 0.1) is 4.92 Å². The van der Waals surface area contributed by atoms with Crippen molar-refractivity contribution in [3.63, 3.8) is 0 Å². The van der Waals surface area contributed by atoms with Crippen molar-refractivity contribution in [2.24, 2.45) is 0 Å². The minimum absolute atomic E-state index is 0.0897. The molecule has 2 aromatic heterocycles. The lowest BCUT2D eigenvalue weighted by Crippen LogP contribution is -1.97. The van der Waals surface area contributed by atoms with E-state index in [4.69, 9.17) is 9.15 Å². The van der Waals surface area contributed by atoms with Crippen LogP contribution in [0, 0.1) is 10.1 Å². The smallest absolute Gasteiger partial charge is 0.295 e. The molecule has 0 spiro atoms. The molecule has 2 heterocycles. The van der Waals surface area contributed by atoms with Crippen LogP contribution in [0.5, 0.6) is 11.6 Å². The van der Waals surface area contributed by atoms with Crippen LogP contribution in [-0.4, -0.2) is 20.1 Å². The molecule has 0 unspecified atom stereocenters. The summed E-state index contributed by atoms with van der Waals surface area (Å²) in [5.74, 6) is 1.09. The third-order valence-electron chi connectivity index (χ3n) is 3.76. The second kappa shape index (κ2) is 7.04. The Morgan fingerprint density at radius 2 is 1.78 bits per heavy atom. The molecular formula is C19H12N4O4. The molecule has 132 valence electrons. The number of nitrogens with zero attached hydrogens (tertiary/aromatic N) is 4. The van der Waals surface area contributed by atoms with Crippen molar-refractivity contribution in [3.8, 4) is 34.3 Å². The van der Waals surface area contributed by atoms with E-state index >= 15 is 0 Å². The van der Waals surface area contributed by atoms with Crippen LogP contribution >= 0.6 is 0 Å². The van der Waals surface area contributed by atoms with E-state index in [-0.39, 0.29) is 17.3 Å². The summed E-state index contributed by atoms with van der Waals surface area (Å²) < 4.78 is 11.0. The Morgan fingerprint density at radius 3 is 2.52 bits per heavy atom. The summed E-state index contributed by atoms with van der Waals surface area (Å²) in [6.07, 6.45) is 1.24. The molecule has 0 N–H and O–H groups in total. The summed E-state index contributed by atoms with van der Waals surface area (Å²) in [7, 11) is 0. The van der Waals surface area contributed by atoms with Crippen molar-refractivity contribution < 1.29 is 14.1 Å². The Balaban J connectivity index is 1.69. The van der Waals surface area contributed by atoms with E-state index in [1.165, 1.54) is 18.5 Å². The molecule has 0 aliphatic carbocycles. The summed E-state index contributed by atoms with van der Waals surface area (Å²) in [4.78, 5) is 15.2. The van der Waals surface area contributed by atoms with Crippen LogP contribution in [0.4, 0.5) is 5.69 Å². The van der Waals surface area contributed by atoms with Crippen LogP contribution in [0.15, 0.2) is 77.5 Å². The fourth-order valence-corrected chi connectivity index (χ4v) is 2.56. The Bertz CT molecular complexity index is 1080. The highest BCUT2D eigenvalue weighted by atomic mass is 16.6. The van der Waals surface area contributed by atoms with Gasteiger partial charge >= 0.3 is 0 Å². The maximum absolute atomic E-state index is 11.3. The van der Waals surface area contributed by atoms with Gasteiger partial charge in [0.15, 0.2) is 5.69 Å². The number of nitro groups is 1. The Hall–Kier alpha value is -4.07. The van der Waals surface area contributed by atoms with Crippen molar-refractivity contribution in [3.05, 3.63) is 83.2 Å². The lowest BCUT2D eigenvalue weighted by Gasteiger charge is -2.08. The van der Waals surface area contributed by atoms with E-state index in [2.05, 4.69) is 15.2 Å². The lowest BCUT2D eigenvalue weighted by atomic mass is 10.1. The monoisotopic (exact) mass is 360 g/mol. The molecule has 0 saturated heterocycles. The number of pyridine rings is 1. The van der Waals surface area contributed by atoms with Gasteiger partial charge in [0, 0.05) is 23.3 Å². The topological polar surface area (TPSA) is 104 Å². The molecule has 0 aliphatic heterocycles. The number of hydrogen-bond donors (Lipinski definition) is 0. The highest BCUT2D eigenvalue weighted by Gasteiger charge is 2.18. The minimum Gasteiger partial charge on any atom is -0.439 e. The van der Waals surface area contributed by atoms with E-state index in [0.29, 0.717) is 22.8 Å². The normalized spacial score (nSPS) is 10.5. The molecule has 0 radical (unpaired) electrons. The number of rotatable bonds is 5. The Labute approximate surface area is 153 Å². The average Bonchev–Trinajstić information content (AvgIpc) is 3.24. The molecule has 0 aliphatic rings. The van der Waals surface area contributed by atoms with Crippen LogP contribution in [-0.2, 0) is 0 Å². The molecule has 27 heavy (non-hydrogen) atoms. The summed E-state index contributed by atoms with van der Waals surface area (Å²) in [6.45, 7) is 0. The van der Waals surface area contributed by atoms with Gasteiger partial charge in [-0.1, -0.05) is 36.4 Å². The first-order valence-electron chi connectivity index (χ1n) is 7.96. The largest absolute Gasteiger partial charge is 0.439 e. The standard InChI is InChI=1S/C19H12N4O4/c24-23(25)16-9-10-17(21-18(16)13-5-2-1-3-6-13)27-15-8-4-7-14(11-15)19-22-20-12-26-19/h1-12H. The van der Waals surface area contributed by atoms with Gasteiger partial charge in [-0.15, -0.1) is 10.2 Å². The number of hydrogen-bond acceptors (Lipinski definition) is 7. The van der Waals surface area contributed by atoms with Crippen LogP contribution in [0.3, 0.4) is 0 Å². The third-order valence-corrected chi connectivity index (χ3v) is 3.76. The van der Waals surface area contributed by atoms with Gasteiger partial charge in [0.25, 0.3) is 5.69 Å². The maximum atomic E-state index is 11.3. The molecule has 0 fully saturated rings. The Kier molecular flexibility index (Phi) is 4.28. The number of benzene rings is 2. The molecule has 8 heteroatoms. The fourth-order valence-electron chi connectivity index (χ4n) is 2.56. The van der Waals surface area contributed by atoms with E-state index in [9.17, 15) is 10.1 Å². The molecule has 0 atom stereocenters. The zero-order chi connectivity index (χ0) is 18.6. The van der Waals surface area contributed by atoms with Gasteiger partial charge in [0.1, 0.15) is 5.75 Å². The minimum atomic E-state index is -0.463. The molecule has 0 bridgehead atoms. The quantitative estimate of drug-likeness (QED) is 0.381. The molecule has 4 aromatic rings. The highest BCUT2D eigenvalue weighted by Crippen LogP contribution is 2.32. The first kappa shape index (κ1) is 16.4. The second-order valence-electron chi connectivity index (χ2n) is 5.51. The summed E-state index contributed by atoms with van der Waals surface area (Å²) in [5, 5.41) is 18.8. The van der Waals surface area contributed by atoms with Crippen LogP contribution in [0.1, 0.15) is 0 Å². The van der Waals surface area contributed by atoms with E-state index in [0.717, 1.165) is 0 Å². The zero-order valence-corrected chi connectivity index (χ0v) is 13.9. The molecular weight excluding hydrogens is 348 g/mol. The average molecular weight is 360 g/mol. The van der Waals surface area contributed by atoms with E-state index in [1.54, 1.807) is 48.5 Å². The van der Waals surface area contributed by atoms with Gasteiger partial charge in [-0.3, -0.25) is 10.1 Å². The molecule has 0 amide bonds. The van der Waals surface area contributed by atoms with Gasteiger partial charge < -0.3 is 9.15 Å². The lowest BCUT2D eigenvalue weighted by molar-refractivity contribution is -0.384. The van der Waals surface area contributed by atoms with Crippen LogP contribution in [0.2, 0.25) is 0 Å². The molecule has 0 saturated carbocycles. The molecule has 8 nitrogen and oxygen atoms in total. The fraction of sp³-hybridized carbons (Fsp3) is 0. The predicted octanol–water partition coefficient (Wildman–Crippen LogP) is 4.50. The summed E-state index contributed by atoms with van der Waals surface area (Å²) in [6, 6.07) is 18.8. The first-order chi connectivity index (χ1) is 13.2. The Morgan fingerprint density at radius 1 is 0.963 bits per heavy atom. The predicted molar refractivity (Wildman–Crippen MR) is 96.1 cm³/mol. The summed E-state index contributed by atoms with van der Waals surface area (Å²) in [5.41, 5.74) is 1.48. The first-order valence-corrected chi connectivity index (χ1v) is 7.96. The maximum Gasteiger partial charge on any atom is 0.295 e. The zero-order valence-electron chi connectivity index (χ0n) is 13.9. The highest BCUT2D eigenvalue weighted by molar-refractivity contribution is 5.70. The van der Waals surface area contributed by atoms with E-state index in [1.807, 2.05) is 6.07 Å². The van der Waals surface area contributed by atoms with Gasteiger partial charge in [0.2, 0.25) is 18.2 Å². The van der Waals surface area contributed by atoms with Crippen molar-refractivity contribution in [2.45, 2.75) is 0 Å². The molecule has 2 aromatic carbocycles.